The molecular weight excluding hydrogens is 363 g/mol. The zero-order chi connectivity index (χ0) is 18.3. The Kier molecular flexibility index (Phi) is 6.89. The summed E-state index contributed by atoms with van der Waals surface area (Å²) < 4.78 is 38.0. The van der Waals surface area contributed by atoms with Crippen molar-refractivity contribution in [2.45, 2.75) is 18.2 Å². The van der Waals surface area contributed by atoms with Crippen molar-refractivity contribution < 1.29 is 12.8 Å². The Hall–Kier alpha value is -2.00. The minimum atomic E-state index is -3.68. The van der Waals surface area contributed by atoms with Crippen LogP contribution in [0, 0.1) is 12.7 Å². The van der Waals surface area contributed by atoms with Gasteiger partial charge in [-0.05, 0) is 19.1 Å². The lowest BCUT2D eigenvalue weighted by molar-refractivity contribution is 0.566. The van der Waals surface area contributed by atoms with Crippen LogP contribution in [0.2, 0.25) is 0 Å². The molecule has 0 bridgehead atoms. The fraction of sp³-hybridized carbons (Fsp3) is 0.375. The van der Waals surface area contributed by atoms with Gasteiger partial charge >= 0.3 is 0 Å². The van der Waals surface area contributed by atoms with Gasteiger partial charge in [0.1, 0.15) is 10.7 Å². The van der Waals surface area contributed by atoms with Gasteiger partial charge in [-0.1, -0.05) is 12.1 Å². The molecule has 0 spiro atoms. The fourth-order valence-electron chi connectivity index (χ4n) is 2.14. The molecule has 0 aliphatic heterocycles. The molecular formula is C16H21FN4O2S2. The second-order valence-corrected chi connectivity index (χ2v) is 8.69. The Morgan fingerprint density at radius 1 is 1.28 bits per heavy atom. The van der Waals surface area contributed by atoms with E-state index in [0.717, 1.165) is 22.4 Å². The van der Waals surface area contributed by atoms with Crippen molar-refractivity contribution in [3.8, 4) is 0 Å². The zero-order valence-corrected chi connectivity index (χ0v) is 15.8. The van der Waals surface area contributed by atoms with Crippen LogP contribution in [0.15, 0.2) is 40.4 Å². The molecule has 2 rings (SSSR count). The number of sulfone groups is 1. The molecule has 6 nitrogen and oxygen atoms in total. The standard InChI is InChI=1S/C16H21FN4O2S2/c1-12-11-21-15(24-12)7-8-19-16(18-2)20-9-10-25(22,23)14-6-4-3-5-13(14)17/h3-6,11H,7-10H2,1-2H3,(H2,18,19,20). The van der Waals surface area contributed by atoms with Crippen LogP contribution in [0.4, 0.5) is 4.39 Å². The lowest BCUT2D eigenvalue weighted by Gasteiger charge is -2.11. The molecule has 1 heterocycles. The maximum atomic E-state index is 13.6. The van der Waals surface area contributed by atoms with Crippen molar-refractivity contribution >= 4 is 27.1 Å². The number of nitrogens with zero attached hydrogens (tertiary/aromatic N) is 2. The van der Waals surface area contributed by atoms with E-state index in [9.17, 15) is 12.8 Å². The highest BCUT2D eigenvalue weighted by atomic mass is 32.2. The van der Waals surface area contributed by atoms with Crippen molar-refractivity contribution in [3.63, 3.8) is 0 Å². The first kappa shape index (κ1) is 19.3. The number of aryl methyl sites for hydroxylation is 1. The lowest BCUT2D eigenvalue weighted by Crippen LogP contribution is -2.40. The summed E-state index contributed by atoms with van der Waals surface area (Å²) in [5.41, 5.74) is 0. The van der Waals surface area contributed by atoms with Crippen molar-refractivity contribution in [2.24, 2.45) is 4.99 Å². The topological polar surface area (TPSA) is 83.4 Å². The molecule has 0 saturated heterocycles. The fourth-order valence-corrected chi connectivity index (χ4v) is 4.16. The molecule has 0 aliphatic rings. The highest BCUT2D eigenvalue weighted by molar-refractivity contribution is 7.91. The van der Waals surface area contributed by atoms with E-state index in [-0.39, 0.29) is 17.2 Å². The van der Waals surface area contributed by atoms with Crippen LogP contribution in [0.1, 0.15) is 9.88 Å². The average molecular weight is 385 g/mol. The summed E-state index contributed by atoms with van der Waals surface area (Å²) in [7, 11) is -2.08. The maximum absolute atomic E-state index is 13.6. The van der Waals surface area contributed by atoms with Crippen molar-refractivity contribution in [1.82, 2.24) is 15.6 Å². The van der Waals surface area contributed by atoms with E-state index < -0.39 is 15.7 Å². The van der Waals surface area contributed by atoms with E-state index in [2.05, 4.69) is 20.6 Å². The number of guanidine groups is 1. The van der Waals surface area contributed by atoms with Crippen LogP contribution in [0.25, 0.3) is 0 Å². The minimum absolute atomic E-state index is 0.132. The highest BCUT2D eigenvalue weighted by Crippen LogP contribution is 2.14. The molecule has 0 saturated carbocycles. The summed E-state index contributed by atoms with van der Waals surface area (Å²) in [6, 6.07) is 5.38. The number of nitrogens with one attached hydrogen (secondary N) is 2. The second-order valence-electron chi connectivity index (χ2n) is 5.29. The molecule has 0 unspecified atom stereocenters. The van der Waals surface area contributed by atoms with Crippen LogP contribution in [0.3, 0.4) is 0 Å². The maximum Gasteiger partial charge on any atom is 0.191 e. The summed E-state index contributed by atoms with van der Waals surface area (Å²) in [6.07, 6.45) is 2.59. The third-order valence-electron chi connectivity index (χ3n) is 3.36. The van der Waals surface area contributed by atoms with E-state index in [1.165, 1.54) is 18.2 Å². The van der Waals surface area contributed by atoms with Gasteiger partial charge in [-0.15, -0.1) is 11.3 Å². The molecule has 0 aliphatic carbocycles. The number of halogens is 1. The van der Waals surface area contributed by atoms with E-state index in [0.29, 0.717) is 12.5 Å². The first-order chi connectivity index (χ1) is 11.9. The van der Waals surface area contributed by atoms with E-state index in [4.69, 9.17) is 0 Å². The number of aliphatic imine (C=N–C) groups is 1. The first-order valence-electron chi connectivity index (χ1n) is 7.75. The molecule has 0 fully saturated rings. The predicted molar refractivity (Wildman–Crippen MR) is 98.4 cm³/mol. The average Bonchev–Trinajstić information content (AvgIpc) is 2.99. The Labute approximate surface area is 151 Å². The van der Waals surface area contributed by atoms with E-state index >= 15 is 0 Å². The van der Waals surface area contributed by atoms with E-state index in [1.54, 1.807) is 18.4 Å². The molecule has 1 aromatic carbocycles. The first-order valence-corrected chi connectivity index (χ1v) is 10.2. The molecule has 2 N–H and O–H groups in total. The zero-order valence-electron chi connectivity index (χ0n) is 14.1. The molecule has 0 radical (unpaired) electrons. The Morgan fingerprint density at radius 2 is 2.00 bits per heavy atom. The van der Waals surface area contributed by atoms with Gasteiger partial charge in [0.15, 0.2) is 15.8 Å². The van der Waals surface area contributed by atoms with Gasteiger partial charge in [-0.3, -0.25) is 4.99 Å². The third-order valence-corrected chi connectivity index (χ3v) is 6.07. The number of hydrogen-bond acceptors (Lipinski definition) is 5. The molecule has 2 aromatic rings. The number of aromatic nitrogens is 1. The van der Waals surface area contributed by atoms with Gasteiger partial charge in [-0.25, -0.2) is 17.8 Å². The SMILES string of the molecule is CN=C(NCCc1ncc(C)s1)NCCS(=O)(=O)c1ccccc1F. The van der Waals surface area contributed by atoms with Gasteiger partial charge in [0.05, 0.1) is 10.8 Å². The van der Waals surface area contributed by atoms with Gasteiger partial charge in [0, 0.05) is 37.6 Å². The largest absolute Gasteiger partial charge is 0.356 e. The van der Waals surface area contributed by atoms with Gasteiger partial charge in [-0.2, -0.15) is 0 Å². The highest BCUT2D eigenvalue weighted by Gasteiger charge is 2.18. The van der Waals surface area contributed by atoms with Crippen molar-refractivity contribution in [1.29, 1.82) is 0 Å². The van der Waals surface area contributed by atoms with E-state index in [1.807, 2.05) is 13.1 Å². The second kappa shape index (κ2) is 8.91. The van der Waals surface area contributed by atoms with Gasteiger partial charge in [0.25, 0.3) is 0 Å². The molecule has 25 heavy (non-hydrogen) atoms. The monoisotopic (exact) mass is 384 g/mol. The number of rotatable bonds is 7. The summed E-state index contributed by atoms with van der Waals surface area (Å²) in [6.45, 7) is 2.77. The molecule has 1 aromatic heterocycles. The van der Waals surface area contributed by atoms with Gasteiger partial charge < -0.3 is 10.6 Å². The lowest BCUT2D eigenvalue weighted by atomic mass is 10.3. The Morgan fingerprint density at radius 3 is 2.64 bits per heavy atom. The van der Waals surface area contributed by atoms with Crippen molar-refractivity contribution in [3.05, 3.63) is 46.2 Å². The summed E-state index contributed by atoms with van der Waals surface area (Å²) in [4.78, 5) is 9.20. The Bertz CT molecular complexity index is 834. The summed E-state index contributed by atoms with van der Waals surface area (Å²) in [5.74, 6) is -0.457. The molecule has 9 heteroatoms. The predicted octanol–water partition coefficient (Wildman–Crippen LogP) is 1.77. The Balaban J connectivity index is 1.80. The number of thiazole rings is 1. The molecule has 0 atom stereocenters. The summed E-state index contributed by atoms with van der Waals surface area (Å²) >= 11 is 1.64. The number of hydrogen-bond donors (Lipinski definition) is 2. The van der Waals surface area contributed by atoms with Crippen LogP contribution in [-0.4, -0.2) is 45.3 Å². The van der Waals surface area contributed by atoms with Crippen LogP contribution < -0.4 is 10.6 Å². The van der Waals surface area contributed by atoms with Crippen LogP contribution >= 0.6 is 11.3 Å². The van der Waals surface area contributed by atoms with Crippen LogP contribution in [0.5, 0.6) is 0 Å². The quantitative estimate of drug-likeness (QED) is 0.562. The normalized spacial score (nSPS) is 12.2. The molecule has 0 amide bonds. The van der Waals surface area contributed by atoms with Crippen molar-refractivity contribution in [2.75, 3.05) is 25.9 Å². The molecule has 136 valence electrons. The minimum Gasteiger partial charge on any atom is -0.356 e. The van der Waals surface area contributed by atoms with Gasteiger partial charge in [0.2, 0.25) is 0 Å². The number of benzene rings is 1. The smallest absolute Gasteiger partial charge is 0.191 e. The summed E-state index contributed by atoms with van der Waals surface area (Å²) in [5, 5.41) is 7.06. The van der Waals surface area contributed by atoms with Crippen LogP contribution in [-0.2, 0) is 16.3 Å². The third kappa shape index (κ3) is 5.79.